The van der Waals surface area contributed by atoms with Crippen molar-refractivity contribution in [1.29, 1.82) is 0 Å². The Morgan fingerprint density at radius 1 is 0.234 bits per heavy atom. The maximum atomic E-state index is 2.45. The second kappa shape index (κ2) is 11.7. The minimum Gasteiger partial charge on any atom is -0.0619 e. The summed E-state index contributed by atoms with van der Waals surface area (Å²) in [6.07, 6.45) is 0. The van der Waals surface area contributed by atoms with Crippen LogP contribution in [0, 0.1) is 0 Å². The Hall–Kier alpha value is -6.76. The summed E-state index contributed by atoms with van der Waals surface area (Å²) in [7, 11) is 0. The van der Waals surface area contributed by atoms with Crippen LogP contribution in [0.3, 0.4) is 0 Å². The van der Waals surface area contributed by atoms with E-state index >= 15 is 0 Å². The lowest BCUT2D eigenvalue weighted by molar-refractivity contribution is 0.651. The van der Waals surface area contributed by atoms with E-state index in [1.807, 2.05) is 0 Å². The van der Waals surface area contributed by atoms with Crippen molar-refractivity contribution in [1.82, 2.24) is 0 Å². The fraction of sp³-hybridized carbons (Fsp3) is 0.188. The van der Waals surface area contributed by atoms with E-state index < -0.39 is 0 Å². The van der Waals surface area contributed by atoms with Gasteiger partial charge in [-0.25, -0.2) is 0 Å². The van der Waals surface area contributed by atoms with E-state index in [1.54, 1.807) is 0 Å². The molecule has 0 aromatic heterocycles. The molecule has 0 atom stereocenters. The van der Waals surface area contributed by atoms with E-state index in [0.29, 0.717) is 0 Å². The maximum absolute atomic E-state index is 2.45. The summed E-state index contributed by atoms with van der Waals surface area (Å²) in [5.74, 6) is 0. The zero-order valence-electron chi connectivity index (χ0n) is 38.0. The van der Waals surface area contributed by atoms with Gasteiger partial charge in [-0.1, -0.05) is 213 Å². The summed E-state index contributed by atoms with van der Waals surface area (Å²) in [6.45, 7) is 19.4. The van der Waals surface area contributed by atoms with E-state index in [4.69, 9.17) is 0 Å². The van der Waals surface area contributed by atoms with Gasteiger partial charge >= 0.3 is 0 Å². The van der Waals surface area contributed by atoms with Crippen LogP contribution in [0.5, 0.6) is 0 Å². The summed E-state index contributed by atoms with van der Waals surface area (Å²) in [5.41, 5.74) is 27.6. The Kier molecular flexibility index (Phi) is 6.69. The maximum Gasteiger partial charge on any atom is 0.0165 e. The molecule has 0 saturated heterocycles. The third kappa shape index (κ3) is 4.18. The smallest absolute Gasteiger partial charge is 0.0165 e. The molecule has 0 spiro atoms. The minimum atomic E-state index is -0.175. The van der Waals surface area contributed by atoms with Crippen LogP contribution in [0.1, 0.15) is 99.9 Å². The van der Waals surface area contributed by atoms with E-state index in [-0.39, 0.29) is 21.7 Å². The van der Waals surface area contributed by atoms with Gasteiger partial charge < -0.3 is 0 Å². The van der Waals surface area contributed by atoms with Crippen LogP contribution in [-0.4, -0.2) is 0 Å². The van der Waals surface area contributed by atoms with Crippen molar-refractivity contribution >= 4 is 32.3 Å². The molecule has 4 aliphatic rings. The summed E-state index contributed by atoms with van der Waals surface area (Å²) in [4.78, 5) is 0. The molecule has 0 aliphatic heterocycles. The highest BCUT2D eigenvalue weighted by atomic mass is 14.5. The van der Waals surface area contributed by atoms with Crippen LogP contribution in [0.15, 0.2) is 158 Å². The molecule has 10 aromatic carbocycles. The molecule has 0 unspecified atom stereocenters. The largest absolute Gasteiger partial charge is 0.0619 e. The number of rotatable bonds is 2. The first kappa shape index (κ1) is 36.7. The quantitative estimate of drug-likeness (QED) is 0.152. The molecule has 306 valence electrons. The highest BCUT2D eigenvalue weighted by Gasteiger charge is 2.46. The van der Waals surface area contributed by atoms with Crippen molar-refractivity contribution in [2.24, 2.45) is 0 Å². The number of hydrogen-bond donors (Lipinski definition) is 0. The minimum absolute atomic E-state index is 0.0423. The fourth-order valence-corrected chi connectivity index (χ4v) is 14.0. The average molecular weight is 819 g/mol. The molecule has 0 nitrogen and oxygen atoms in total. The zero-order valence-corrected chi connectivity index (χ0v) is 38.0. The Morgan fingerprint density at radius 3 is 0.984 bits per heavy atom. The van der Waals surface area contributed by atoms with Gasteiger partial charge in [0.2, 0.25) is 0 Å². The molecule has 0 fully saturated rings. The second-order valence-electron chi connectivity index (χ2n) is 21.5. The molecule has 0 heteroatoms. The lowest BCUT2D eigenvalue weighted by atomic mass is 9.76. The number of benzene rings is 10. The molecule has 4 aliphatic carbocycles. The van der Waals surface area contributed by atoms with Gasteiger partial charge in [-0.15, -0.1) is 0 Å². The van der Waals surface area contributed by atoms with E-state index in [9.17, 15) is 0 Å². The van der Waals surface area contributed by atoms with Crippen LogP contribution in [-0.2, 0) is 21.7 Å². The third-order valence-corrected chi connectivity index (χ3v) is 17.0. The summed E-state index contributed by atoms with van der Waals surface area (Å²) >= 11 is 0. The molecule has 0 saturated carbocycles. The van der Waals surface area contributed by atoms with Gasteiger partial charge in [0.05, 0.1) is 0 Å². The predicted octanol–water partition coefficient (Wildman–Crippen LogP) is 17.1. The first-order valence-electron chi connectivity index (χ1n) is 23.4. The van der Waals surface area contributed by atoms with Crippen molar-refractivity contribution in [3.05, 3.63) is 202 Å². The Labute approximate surface area is 376 Å². The Balaban J connectivity index is 0.983. The molecular formula is C64H50. The molecule has 14 rings (SSSR count). The van der Waals surface area contributed by atoms with Gasteiger partial charge in [-0.05, 0) is 144 Å². The summed E-state index contributed by atoms with van der Waals surface area (Å²) in [6, 6.07) is 61.3. The first-order chi connectivity index (χ1) is 30.8. The van der Waals surface area contributed by atoms with E-state index in [0.717, 1.165) is 0 Å². The second-order valence-corrected chi connectivity index (χ2v) is 21.5. The standard InChI is InChI=1S/C64H50/c1-61(2)47-21-11-9-15-43(47)55-49(61)31-33-51-57(55)45-19-13-17-41(59(45)63(51,5)6)37-27-23-35-26-30-40-38(28-24-36-25-29-39(37)53(35)54(36)40)42-18-14-20-46-58-52(64(7,8)60(42)46)34-32-50-56(58)44-16-10-12-22-48(44)62(50,3)4/h9-34H,1-8H3. The van der Waals surface area contributed by atoms with Crippen molar-refractivity contribution in [2.75, 3.05) is 0 Å². The van der Waals surface area contributed by atoms with Crippen LogP contribution < -0.4 is 0 Å². The predicted molar refractivity (Wildman–Crippen MR) is 271 cm³/mol. The first-order valence-corrected chi connectivity index (χ1v) is 23.4. The Morgan fingerprint density at radius 2 is 0.562 bits per heavy atom. The van der Waals surface area contributed by atoms with Gasteiger partial charge in [0, 0.05) is 21.7 Å². The number of hydrogen-bond acceptors (Lipinski definition) is 0. The van der Waals surface area contributed by atoms with Gasteiger partial charge in [-0.2, -0.15) is 0 Å². The molecule has 64 heavy (non-hydrogen) atoms. The SMILES string of the molecule is CC1(C)c2ccccc2-c2c1ccc1c2-c2cccc(-c3ccc4ccc5c(-c6cccc7c6C(C)(C)c6ccc8c(c6-7)-c6ccccc6C8(C)C)ccc6ccc3c4c65)c2C1(C)C. The van der Waals surface area contributed by atoms with Crippen LogP contribution >= 0.6 is 0 Å². The van der Waals surface area contributed by atoms with Crippen LogP contribution in [0.25, 0.3) is 99.1 Å². The lowest BCUT2D eigenvalue weighted by Gasteiger charge is -2.27. The van der Waals surface area contributed by atoms with Crippen LogP contribution in [0.2, 0.25) is 0 Å². The molecule has 10 aromatic rings. The van der Waals surface area contributed by atoms with Gasteiger partial charge in [0.15, 0.2) is 0 Å². The van der Waals surface area contributed by atoms with E-state index in [2.05, 4.69) is 213 Å². The summed E-state index contributed by atoms with van der Waals surface area (Å²) in [5, 5.41) is 7.97. The lowest BCUT2D eigenvalue weighted by Crippen LogP contribution is -2.17. The molecule has 0 radical (unpaired) electrons. The molecule has 0 amide bonds. The zero-order chi connectivity index (χ0) is 43.4. The van der Waals surface area contributed by atoms with Gasteiger partial charge in [0.1, 0.15) is 0 Å². The Bertz CT molecular complexity index is 3520. The van der Waals surface area contributed by atoms with Gasteiger partial charge in [0.25, 0.3) is 0 Å². The fourth-order valence-electron chi connectivity index (χ4n) is 14.0. The molecule has 0 heterocycles. The highest BCUT2D eigenvalue weighted by molar-refractivity contribution is 6.28. The average Bonchev–Trinajstić information content (AvgIpc) is 3.88. The highest BCUT2D eigenvalue weighted by Crippen LogP contribution is 2.63. The third-order valence-electron chi connectivity index (χ3n) is 17.0. The monoisotopic (exact) mass is 818 g/mol. The van der Waals surface area contributed by atoms with Crippen LogP contribution in [0.4, 0.5) is 0 Å². The van der Waals surface area contributed by atoms with Gasteiger partial charge in [-0.3, -0.25) is 0 Å². The number of fused-ring (bicyclic) bond motifs is 14. The molecule has 0 bridgehead atoms. The molecular weight excluding hydrogens is 769 g/mol. The molecule has 0 N–H and O–H groups in total. The topological polar surface area (TPSA) is 0 Å². The van der Waals surface area contributed by atoms with Crippen molar-refractivity contribution in [3.63, 3.8) is 0 Å². The van der Waals surface area contributed by atoms with E-state index in [1.165, 1.54) is 144 Å². The van der Waals surface area contributed by atoms with Crippen molar-refractivity contribution in [3.8, 4) is 66.8 Å². The van der Waals surface area contributed by atoms with Crippen molar-refractivity contribution < 1.29 is 0 Å². The normalized spacial score (nSPS) is 16.9. The summed E-state index contributed by atoms with van der Waals surface area (Å²) < 4.78 is 0. The van der Waals surface area contributed by atoms with Crippen molar-refractivity contribution in [2.45, 2.75) is 77.0 Å².